The van der Waals surface area contributed by atoms with Gasteiger partial charge in [0, 0.05) is 23.4 Å². The number of aromatic nitrogens is 1. The first-order valence-electron chi connectivity index (χ1n) is 9.28. The second kappa shape index (κ2) is 8.33. The number of halogens is 1. The lowest BCUT2D eigenvalue weighted by molar-refractivity contribution is 0.241. The number of methoxy groups -OCH3 is 1. The average Bonchev–Trinajstić information content (AvgIpc) is 2.67. The van der Waals surface area contributed by atoms with Crippen molar-refractivity contribution < 1.29 is 18.6 Å². The Morgan fingerprint density at radius 2 is 1.89 bits per heavy atom. The second-order valence-electron chi connectivity index (χ2n) is 6.70. The Labute approximate surface area is 163 Å². The molecule has 0 amide bonds. The van der Waals surface area contributed by atoms with Gasteiger partial charge in [0.05, 0.1) is 30.7 Å². The molecule has 1 N–H and O–H groups in total. The standard InChI is InChI=1S/C22H24FNO4/c1-5-10-27-18-9-8-17(23)20-21(18)24-12-16(22(20)25)15-7-6-14(28-13(2)3)11-19(15)26-4/h6-9,11-13H,5,10H2,1-4H3,(H,24,25). The van der Waals surface area contributed by atoms with Gasteiger partial charge in [0.15, 0.2) is 5.43 Å². The molecule has 2 aromatic carbocycles. The summed E-state index contributed by atoms with van der Waals surface area (Å²) in [5.74, 6) is 0.964. The molecule has 0 unspecified atom stereocenters. The maximum Gasteiger partial charge on any atom is 0.200 e. The van der Waals surface area contributed by atoms with E-state index < -0.39 is 11.2 Å². The Morgan fingerprint density at radius 3 is 2.57 bits per heavy atom. The molecule has 0 spiro atoms. The van der Waals surface area contributed by atoms with Crippen molar-refractivity contribution >= 4 is 10.9 Å². The third-order valence-electron chi connectivity index (χ3n) is 4.25. The van der Waals surface area contributed by atoms with E-state index in [4.69, 9.17) is 14.2 Å². The van der Waals surface area contributed by atoms with Crippen LogP contribution in [0.25, 0.3) is 22.0 Å². The molecular weight excluding hydrogens is 361 g/mol. The summed E-state index contributed by atoms with van der Waals surface area (Å²) in [6.45, 7) is 6.31. The Bertz CT molecular complexity index is 1040. The topological polar surface area (TPSA) is 60.6 Å². The molecule has 0 fully saturated rings. The average molecular weight is 385 g/mol. The van der Waals surface area contributed by atoms with Crippen molar-refractivity contribution in [3.63, 3.8) is 0 Å². The van der Waals surface area contributed by atoms with Gasteiger partial charge in [-0.2, -0.15) is 0 Å². The minimum absolute atomic E-state index is 0.00951. The Kier molecular flexibility index (Phi) is 5.87. The Balaban J connectivity index is 2.16. The van der Waals surface area contributed by atoms with Crippen LogP contribution in [0.3, 0.4) is 0 Å². The zero-order chi connectivity index (χ0) is 20.3. The van der Waals surface area contributed by atoms with Crippen molar-refractivity contribution in [3.8, 4) is 28.4 Å². The van der Waals surface area contributed by atoms with Crippen LogP contribution in [0.4, 0.5) is 4.39 Å². The molecule has 5 nitrogen and oxygen atoms in total. The van der Waals surface area contributed by atoms with E-state index in [1.807, 2.05) is 20.8 Å². The number of hydrogen-bond acceptors (Lipinski definition) is 4. The second-order valence-corrected chi connectivity index (χ2v) is 6.70. The predicted octanol–water partition coefficient (Wildman–Crippen LogP) is 4.92. The maximum atomic E-state index is 14.5. The summed E-state index contributed by atoms with van der Waals surface area (Å²) < 4.78 is 31.3. The van der Waals surface area contributed by atoms with Crippen LogP contribution in [0.1, 0.15) is 27.2 Å². The summed E-state index contributed by atoms with van der Waals surface area (Å²) in [6, 6.07) is 8.00. The number of benzene rings is 2. The molecule has 0 atom stereocenters. The number of pyridine rings is 1. The summed E-state index contributed by atoms with van der Waals surface area (Å²) >= 11 is 0. The monoisotopic (exact) mass is 385 g/mol. The highest BCUT2D eigenvalue weighted by Crippen LogP contribution is 2.33. The molecule has 0 aliphatic carbocycles. The lowest BCUT2D eigenvalue weighted by Crippen LogP contribution is -2.10. The lowest BCUT2D eigenvalue weighted by atomic mass is 10.0. The summed E-state index contributed by atoms with van der Waals surface area (Å²) in [5.41, 5.74) is 0.790. The highest BCUT2D eigenvalue weighted by molar-refractivity contribution is 5.89. The van der Waals surface area contributed by atoms with Gasteiger partial charge >= 0.3 is 0 Å². The molecule has 28 heavy (non-hydrogen) atoms. The first-order chi connectivity index (χ1) is 13.5. The molecule has 1 aromatic heterocycles. The van der Waals surface area contributed by atoms with Gasteiger partial charge in [-0.3, -0.25) is 4.79 Å². The molecule has 148 valence electrons. The smallest absolute Gasteiger partial charge is 0.200 e. The van der Waals surface area contributed by atoms with E-state index in [2.05, 4.69) is 4.98 Å². The van der Waals surface area contributed by atoms with Gasteiger partial charge in [0.2, 0.25) is 0 Å². The molecule has 0 bridgehead atoms. The third-order valence-corrected chi connectivity index (χ3v) is 4.25. The van der Waals surface area contributed by atoms with Gasteiger partial charge in [-0.15, -0.1) is 0 Å². The minimum Gasteiger partial charge on any atom is -0.496 e. The quantitative estimate of drug-likeness (QED) is 0.627. The van der Waals surface area contributed by atoms with Crippen molar-refractivity contribution in [2.75, 3.05) is 13.7 Å². The fourth-order valence-corrected chi connectivity index (χ4v) is 3.04. The Hall–Kier alpha value is -3.02. The Morgan fingerprint density at radius 1 is 1.11 bits per heavy atom. The predicted molar refractivity (Wildman–Crippen MR) is 108 cm³/mol. The number of nitrogens with one attached hydrogen (secondary N) is 1. The molecular formula is C22H24FNO4. The van der Waals surface area contributed by atoms with Gasteiger partial charge in [0.25, 0.3) is 0 Å². The highest BCUT2D eigenvalue weighted by atomic mass is 19.1. The van der Waals surface area contributed by atoms with E-state index >= 15 is 0 Å². The van der Waals surface area contributed by atoms with Crippen molar-refractivity contribution in [2.45, 2.75) is 33.3 Å². The van der Waals surface area contributed by atoms with Crippen molar-refractivity contribution in [2.24, 2.45) is 0 Å². The molecule has 0 saturated heterocycles. The van der Waals surface area contributed by atoms with Crippen LogP contribution in [0.2, 0.25) is 0 Å². The van der Waals surface area contributed by atoms with E-state index in [0.717, 1.165) is 6.42 Å². The van der Waals surface area contributed by atoms with Crippen LogP contribution in [0, 0.1) is 5.82 Å². The number of rotatable bonds is 7. The summed E-state index contributed by atoms with van der Waals surface area (Å²) in [5, 5.41) is -0.0318. The van der Waals surface area contributed by atoms with Crippen LogP contribution in [-0.2, 0) is 0 Å². The summed E-state index contributed by atoms with van der Waals surface area (Å²) in [7, 11) is 1.52. The highest BCUT2D eigenvalue weighted by Gasteiger charge is 2.17. The van der Waals surface area contributed by atoms with Gasteiger partial charge in [0.1, 0.15) is 23.1 Å². The molecule has 0 aliphatic rings. The number of ether oxygens (including phenoxy) is 3. The SMILES string of the molecule is CCCOc1ccc(F)c2c(=O)c(-c3ccc(OC(C)C)cc3OC)c[nH]c12. The van der Waals surface area contributed by atoms with Crippen LogP contribution in [-0.4, -0.2) is 24.8 Å². The van der Waals surface area contributed by atoms with Gasteiger partial charge < -0.3 is 19.2 Å². The van der Waals surface area contributed by atoms with Crippen molar-refractivity contribution in [3.05, 3.63) is 52.6 Å². The first kappa shape index (κ1) is 19.7. The van der Waals surface area contributed by atoms with Gasteiger partial charge in [-0.1, -0.05) is 6.92 Å². The number of fused-ring (bicyclic) bond motifs is 1. The van der Waals surface area contributed by atoms with E-state index in [9.17, 15) is 9.18 Å². The normalized spacial score (nSPS) is 11.1. The molecule has 0 saturated carbocycles. The number of aromatic amines is 1. The van der Waals surface area contributed by atoms with E-state index in [-0.39, 0.29) is 11.5 Å². The van der Waals surface area contributed by atoms with E-state index in [0.29, 0.717) is 40.5 Å². The van der Waals surface area contributed by atoms with Crippen LogP contribution in [0.15, 0.2) is 41.3 Å². The summed E-state index contributed by atoms with van der Waals surface area (Å²) in [6.07, 6.45) is 2.38. The molecule has 0 aliphatic heterocycles. The lowest BCUT2D eigenvalue weighted by Gasteiger charge is -2.14. The van der Waals surface area contributed by atoms with Crippen LogP contribution >= 0.6 is 0 Å². The first-order valence-corrected chi connectivity index (χ1v) is 9.28. The molecule has 0 radical (unpaired) electrons. The van der Waals surface area contributed by atoms with Crippen LogP contribution < -0.4 is 19.6 Å². The van der Waals surface area contributed by atoms with Crippen LogP contribution in [0.5, 0.6) is 17.2 Å². The van der Waals surface area contributed by atoms with Gasteiger partial charge in [-0.25, -0.2) is 4.39 Å². The molecule has 1 heterocycles. The van der Waals surface area contributed by atoms with Crippen molar-refractivity contribution in [1.82, 2.24) is 4.98 Å². The zero-order valence-corrected chi connectivity index (χ0v) is 16.5. The maximum absolute atomic E-state index is 14.5. The molecule has 6 heteroatoms. The van der Waals surface area contributed by atoms with E-state index in [1.54, 1.807) is 24.4 Å². The fourth-order valence-electron chi connectivity index (χ4n) is 3.04. The number of hydrogen-bond donors (Lipinski definition) is 1. The number of H-pyrrole nitrogens is 1. The third kappa shape index (κ3) is 3.81. The zero-order valence-electron chi connectivity index (χ0n) is 16.5. The van der Waals surface area contributed by atoms with Crippen molar-refractivity contribution in [1.29, 1.82) is 0 Å². The fraction of sp³-hybridized carbons (Fsp3) is 0.318. The molecule has 3 rings (SSSR count). The minimum atomic E-state index is -0.597. The largest absolute Gasteiger partial charge is 0.496 e. The van der Waals surface area contributed by atoms with Gasteiger partial charge in [-0.05, 0) is 44.5 Å². The molecule has 3 aromatic rings. The summed E-state index contributed by atoms with van der Waals surface area (Å²) in [4.78, 5) is 16.1. The van der Waals surface area contributed by atoms with E-state index in [1.165, 1.54) is 19.2 Å².